The summed E-state index contributed by atoms with van der Waals surface area (Å²) >= 11 is 0. The summed E-state index contributed by atoms with van der Waals surface area (Å²) in [4.78, 5) is 13.6. The topological polar surface area (TPSA) is 50.2 Å². The average molecular weight is 236 g/mol. The fraction of sp³-hybridized carbons (Fsp3) is 0.667. The number of carbonyl (C=O) groups excluding carboxylic acids is 1. The second-order valence-corrected chi connectivity index (χ2v) is 4.75. The molecule has 94 valence electrons. The van der Waals surface area contributed by atoms with E-state index in [0.29, 0.717) is 19.0 Å². The van der Waals surface area contributed by atoms with E-state index in [-0.39, 0.29) is 5.91 Å². The summed E-state index contributed by atoms with van der Waals surface area (Å²) in [6.07, 6.45) is 6.84. The van der Waals surface area contributed by atoms with Gasteiger partial charge in [0, 0.05) is 51.4 Å². The molecule has 0 aliphatic heterocycles. The van der Waals surface area contributed by atoms with E-state index in [4.69, 9.17) is 0 Å². The summed E-state index contributed by atoms with van der Waals surface area (Å²) in [5.41, 5.74) is 1.07. The number of nitrogens with zero attached hydrogens (tertiary/aromatic N) is 3. The third-order valence-electron chi connectivity index (χ3n) is 2.95. The Morgan fingerprint density at radius 2 is 2.41 bits per heavy atom. The van der Waals surface area contributed by atoms with Crippen molar-refractivity contribution in [3.05, 3.63) is 18.0 Å². The summed E-state index contributed by atoms with van der Waals surface area (Å²) in [5.74, 6) is 0.182. The fourth-order valence-corrected chi connectivity index (χ4v) is 1.78. The number of hydrogen-bond donors (Lipinski definition) is 1. The third-order valence-corrected chi connectivity index (χ3v) is 2.95. The second-order valence-electron chi connectivity index (χ2n) is 4.75. The highest BCUT2D eigenvalue weighted by Crippen LogP contribution is 2.18. The van der Waals surface area contributed by atoms with Crippen molar-refractivity contribution in [2.45, 2.75) is 31.8 Å². The van der Waals surface area contributed by atoms with E-state index in [1.165, 1.54) is 12.8 Å². The Morgan fingerprint density at radius 1 is 1.65 bits per heavy atom. The van der Waals surface area contributed by atoms with Crippen LogP contribution in [0.3, 0.4) is 0 Å². The quantitative estimate of drug-likeness (QED) is 0.783. The van der Waals surface area contributed by atoms with E-state index in [9.17, 15) is 4.79 Å². The van der Waals surface area contributed by atoms with E-state index >= 15 is 0 Å². The van der Waals surface area contributed by atoms with Crippen molar-refractivity contribution in [1.29, 1.82) is 0 Å². The van der Waals surface area contributed by atoms with Gasteiger partial charge in [0.25, 0.3) is 0 Å². The first kappa shape index (κ1) is 12.1. The van der Waals surface area contributed by atoms with Gasteiger partial charge in [0.2, 0.25) is 5.91 Å². The third kappa shape index (κ3) is 3.85. The number of amides is 1. The van der Waals surface area contributed by atoms with Gasteiger partial charge in [-0.25, -0.2) is 0 Å². The molecule has 1 N–H and O–H groups in total. The molecule has 17 heavy (non-hydrogen) atoms. The maximum Gasteiger partial charge on any atom is 0.223 e. The molecule has 2 rings (SSSR count). The van der Waals surface area contributed by atoms with Crippen LogP contribution in [-0.2, 0) is 18.4 Å². The lowest BCUT2D eigenvalue weighted by atomic mass is 10.3. The SMILES string of the molecule is CN(Cc1cnn(C)c1)C(=O)CCNC1CC1. The summed E-state index contributed by atoms with van der Waals surface area (Å²) in [5, 5.41) is 7.44. The van der Waals surface area contributed by atoms with Crippen LogP contribution in [0, 0.1) is 0 Å². The minimum Gasteiger partial charge on any atom is -0.341 e. The summed E-state index contributed by atoms with van der Waals surface area (Å²) < 4.78 is 1.75. The van der Waals surface area contributed by atoms with Gasteiger partial charge in [-0.1, -0.05) is 0 Å². The molecule has 0 spiro atoms. The number of rotatable bonds is 6. The van der Waals surface area contributed by atoms with Crippen LogP contribution in [0.2, 0.25) is 0 Å². The van der Waals surface area contributed by atoms with Crippen LogP contribution < -0.4 is 5.32 Å². The average Bonchev–Trinajstić information content (AvgIpc) is 3.02. The minimum atomic E-state index is 0.182. The van der Waals surface area contributed by atoms with Gasteiger partial charge in [0.05, 0.1) is 6.20 Å². The van der Waals surface area contributed by atoms with Gasteiger partial charge < -0.3 is 10.2 Å². The zero-order valence-electron chi connectivity index (χ0n) is 10.5. The Morgan fingerprint density at radius 3 is 3.00 bits per heavy atom. The number of hydrogen-bond acceptors (Lipinski definition) is 3. The first-order valence-corrected chi connectivity index (χ1v) is 6.10. The predicted octanol–water partition coefficient (Wildman–Crippen LogP) is 0.521. The van der Waals surface area contributed by atoms with Gasteiger partial charge in [0.15, 0.2) is 0 Å². The summed E-state index contributed by atoms with van der Waals surface area (Å²) in [7, 11) is 3.72. The molecule has 1 heterocycles. The molecule has 5 nitrogen and oxygen atoms in total. The predicted molar refractivity (Wildman–Crippen MR) is 65.3 cm³/mol. The van der Waals surface area contributed by atoms with Crippen molar-refractivity contribution in [2.75, 3.05) is 13.6 Å². The first-order chi connectivity index (χ1) is 8.15. The summed E-state index contributed by atoms with van der Waals surface area (Å²) in [6.45, 7) is 1.43. The van der Waals surface area contributed by atoms with Crippen molar-refractivity contribution < 1.29 is 4.79 Å². The van der Waals surface area contributed by atoms with Gasteiger partial charge in [-0.2, -0.15) is 5.10 Å². The maximum atomic E-state index is 11.8. The fourth-order valence-electron chi connectivity index (χ4n) is 1.78. The highest BCUT2D eigenvalue weighted by atomic mass is 16.2. The molecule has 0 aromatic carbocycles. The molecule has 1 aliphatic rings. The molecule has 0 bridgehead atoms. The lowest BCUT2D eigenvalue weighted by Gasteiger charge is -2.16. The van der Waals surface area contributed by atoms with E-state index in [2.05, 4.69) is 10.4 Å². The lowest BCUT2D eigenvalue weighted by Crippen LogP contribution is -2.30. The van der Waals surface area contributed by atoms with Crippen LogP contribution in [0.4, 0.5) is 0 Å². The molecule has 0 radical (unpaired) electrons. The van der Waals surface area contributed by atoms with Crippen molar-refractivity contribution in [1.82, 2.24) is 20.0 Å². The Kier molecular flexibility index (Phi) is 3.78. The molecule has 0 unspecified atom stereocenters. The molecule has 0 saturated heterocycles. The smallest absolute Gasteiger partial charge is 0.223 e. The molecular weight excluding hydrogens is 216 g/mol. The van der Waals surface area contributed by atoms with Crippen molar-refractivity contribution in [3.63, 3.8) is 0 Å². The van der Waals surface area contributed by atoms with Crippen molar-refractivity contribution in [3.8, 4) is 0 Å². The van der Waals surface area contributed by atoms with Crippen molar-refractivity contribution >= 4 is 5.91 Å². The molecular formula is C12H20N4O. The molecule has 1 amide bonds. The highest BCUT2D eigenvalue weighted by Gasteiger charge is 2.20. The van der Waals surface area contributed by atoms with Crippen LogP contribution in [-0.4, -0.2) is 40.2 Å². The Hall–Kier alpha value is -1.36. The highest BCUT2D eigenvalue weighted by molar-refractivity contribution is 5.76. The molecule has 5 heteroatoms. The molecule has 1 fully saturated rings. The summed E-state index contributed by atoms with van der Waals surface area (Å²) in [6, 6.07) is 0.673. The van der Waals surface area contributed by atoms with E-state index in [0.717, 1.165) is 12.1 Å². The van der Waals surface area contributed by atoms with Gasteiger partial charge >= 0.3 is 0 Å². The standard InChI is InChI=1S/C12H20N4O/c1-15(8-10-7-14-16(2)9-10)12(17)5-6-13-11-3-4-11/h7,9,11,13H,3-6,8H2,1-2H3. The van der Waals surface area contributed by atoms with Crippen LogP contribution in [0.25, 0.3) is 0 Å². The Bertz CT molecular complexity index is 384. The van der Waals surface area contributed by atoms with E-state index in [1.54, 1.807) is 15.8 Å². The number of nitrogens with one attached hydrogen (secondary N) is 1. The first-order valence-electron chi connectivity index (χ1n) is 6.10. The second kappa shape index (κ2) is 5.31. The van der Waals surface area contributed by atoms with Gasteiger partial charge in [0.1, 0.15) is 0 Å². The van der Waals surface area contributed by atoms with Gasteiger partial charge in [-0.05, 0) is 12.8 Å². The zero-order chi connectivity index (χ0) is 12.3. The van der Waals surface area contributed by atoms with Crippen LogP contribution in [0.1, 0.15) is 24.8 Å². The Balaban J connectivity index is 1.70. The minimum absolute atomic E-state index is 0.182. The molecule has 1 aliphatic carbocycles. The lowest BCUT2D eigenvalue weighted by molar-refractivity contribution is -0.130. The molecule has 1 aromatic heterocycles. The van der Waals surface area contributed by atoms with Crippen LogP contribution in [0.5, 0.6) is 0 Å². The molecule has 0 atom stereocenters. The van der Waals surface area contributed by atoms with Crippen LogP contribution in [0.15, 0.2) is 12.4 Å². The monoisotopic (exact) mass is 236 g/mol. The van der Waals surface area contributed by atoms with E-state index < -0.39 is 0 Å². The Labute approximate surface area is 102 Å². The number of aromatic nitrogens is 2. The van der Waals surface area contributed by atoms with E-state index in [1.807, 2.05) is 20.3 Å². The number of aryl methyl sites for hydroxylation is 1. The largest absolute Gasteiger partial charge is 0.341 e. The molecule has 1 saturated carbocycles. The van der Waals surface area contributed by atoms with Crippen molar-refractivity contribution in [2.24, 2.45) is 7.05 Å². The number of carbonyl (C=O) groups is 1. The van der Waals surface area contributed by atoms with Crippen LogP contribution >= 0.6 is 0 Å². The van der Waals surface area contributed by atoms with Gasteiger partial charge in [-0.15, -0.1) is 0 Å². The normalized spacial score (nSPS) is 14.9. The maximum absolute atomic E-state index is 11.8. The molecule has 1 aromatic rings. The zero-order valence-corrected chi connectivity index (χ0v) is 10.5. The van der Waals surface area contributed by atoms with Gasteiger partial charge in [-0.3, -0.25) is 9.48 Å².